The fourth-order valence-corrected chi connectivity index (χ4v) is 2.45. The summed E-state index contributed by atoms with van der Waals surface area (Å²) in [7, 11) is 3.43. The Hall–Kier alpha value is -3.23. The molecule has 0 aliphatic carbocycles. The number of likely N-dealkylation sites (N-methyl/N-ethyl adjacent to an activating group) is 1. The van der Waals surface area contributed by atoms with Gasteiger partial charge in [-0.3, -0.25) is 4.79 Å². The van der Waals surface area contributed by atoms with Gasteiger partial charge in [-0.05, 0) is 25.8 Å². The van der Waals surface area contributed by atoms with E-state index in [1.165, 1.54) is 4.90 Å². The molecule has 0 bridgehead atoms. The minimum Gasteiger partial charge on any atom is -0.401 e. The van der Waals surface area contributed by atoms with Crippen molar-refractivity contribution in [3.8, 4) is 11.6 Å². The summed E-state index contributed by atoms with van der Waals surface area (Å²) in [6.45, 7) is 5.46. The third-order valence-electron chi connectivity index (χ3n) is 4.28. The summed E-state index contributed by atoms with van der Waals surface area (Å²) in [5.74, 6) is 0.415. The van der Waals surface area contributed by atoms with Crippen LogP contribution in [0.4, 0.5) is 11.8 Å². The van der Waals surface area contributed by atoms with Crippen LogP contribution in [0.25, 0.3) is 17.2 Å². The molecule has 3 heterocycles. The molecule has 0 radical (unpaired) electrons. The Morgan fingerprint density at radius 2 is 2.00 bits per heavy atom. The number of rotatable bonds is 5. The summed E-state index contributed by atoms with van der Waals surface area (Å²) in [5, 5.41) is 8.09. The monoisotopic (exact) mass is 369 g/mol. The Balaban J connectivity index is 1.86. The van der Waals surface area contributed by atoms with Crippen LogP contribution in [-0.4, -0.2) is 58.2 Å². The number of nitrogen functional groups attached to an aromatic ring is 1. The van der Waals surface area contributed by atoms with Crippen LogP contribution in [0.3, 0.4) is 0 Å². The van der Waals surface area contributed by atoms with Crippen molar-refractivity contribution in [3.05, 3.63) is 29.6 Å². The molecule has 1 aliphatic rings. The van der Waals surface area contributed by atoms with Crippen molar-refractivity contribution in [2.24, 2.45) is 0 Å². The third kappa shape index (κ3) is 3.97. The molecule has 0 atom stereocenters. The first kappa shape index (κ1) is 18.6. The van der Waals surface area contributed by atoms with Crippen molar-refractivity contribution < 1.29 is 9.21 Å². The lowest BCUT2D eigenvalue weighted by Crippen LogP contribution is -2.37. The van der Waals surface area contributed by atoms with E-state index in [1.807, 2.05) is 17.9 Å². The maximum absolute atomic E-state index is 11.9. The number of anilines is 2. The zero-order chi connectivity index (χ0) is 19.6. The number of allylic oxidation sites excluding steroid dienone is 3. The van der Waals surface area contributed by atoms with Gasteiger partial charge >= 0.3 is 6.01 Å². The van der Waals surface area contributed by atoms with E-state index >= 15 is 0 Å². The number of nitrogens with two attached hydrogens (primary N) is 1. The first-order chi connectivity index (χ1) is 12.9. The summed E-state index contributed by atoms with van der Waals surface area (Å²) >= 11 is 0. The average Bonchev–Trinajstić information content (AvgIpc) is 3.06. The number of hydrogen-bond acceptors (Lipinski definition) is 8. The number of carbonyl (C=O) groups is 1. The molecular weight excluding hydrogens is 346 g/mol. The molecule has 27 heavy (non-hydrogen) atoms. The Bertz CT molecular complexity index is 910. The van der Waals surface area contributed by atoms with Crippen LogP contribution in [0.2, 0.25) is 0 Å². The second-order valence-electron chi connectivity index (χ2n) is 6.62. The topological polar surface area (TPSA) is 114 Å². The van der Waals surface area contributed by atoms with Crippen LogP contribution in [0.15, 0.2) is 28.3 Å². The highest BCUT2D eigenvalue weighted by Gasteiger charge is 2.22. The molecule has 1 fully saturated rings. The minimum absolute atomic E-state index is 0.0486. The Morgan fingerprint density at radius 3 is 2.63 bits per heavy atom. The minimum atomic E-state index is -0.0486. The van der Waals surface area contributed by atoms with Crippen molar-refractivity contribution in [3.63, 3.8) is 0 Å². The van der Waals surface area contributed by atoms with Gasteiger partial charge in [0, 0.05) is 32.8 Å². The van der Waals surface area contributed by atoms with Gasteiger partial charge in [-0.1, -0.05) is 17.3 Å². The highest BCUT2D eigenvalue weighted by Crippen LogP contribution is 2.27. The maximum atomic E-state index is 11.9. The van der Waals surface area contributed by atoms with Gasteiger partial charge in [-0.25, -0.2) is 9.97 Å². The van der Waals surface area contributed by atoms with Crippen LogP contribution in [0.1, 0.15) is 26.0 Å². The molecule has 0 aromatic carbocycles. The molecule has 2 aromatic rings. The summed E-state index contributed by atoms with van der Waals surface area (Å²) in [6, 6.07) is 0.468. The van der Waals surface area contributed by atoms with Crippen molar-refractivity contribution >= 4 is 23.3 Å². The average molecular weight is 369 g/mol. The van der Waals surface area contributed by atoms with Crippen molar-refractivity contribution in [1.29, 1.82) is 0 Å². The van der Waals surface area contributed by atoms with E-state index in [1.54, 1.807) is 33.3 Å². The molecule has 2 N–H and O–H groups in total. The van der Waals surface area contributed by atoms with Gasteiger partial charge in [-0.15, -0.1) is 5.10 Å². The van der Waals surface area contributed by atoms with Gasteiger partial charge in [0.2, 0.25) is 5.91 Å². The quantitative estimate of drug-likeness (QED) is 0.626. The fourth-order valence-electron chi connectivity index (χ4n) is 2.45. The lowest BCUT2D eigenvalue weighted by molar-refractivity contribution is -0.124. The molecule has 1 aliphatic heterocycles. The van der Waals surface area contributed by atoms with Crippen LogP contribution in [0.5, 0.6) is 0 Å². The predicted molar refractivity (Wildman–Crippen MR) is 103 cm³/mol. The summed E-state index contributed by atoms with van der Waals surface area (Å²) in [5.41, 5.74) is 8.37. The molecule has 0 spiro atoms. The number of aromatic nitrogens is 4. The number of carbonyl (C=O) groups excluding carboxylic acids is 1. The van der Waals surface area contributed by atoms with E-state index < -0.39 is 0 Å². The van der Waals surface area contributed by atoms with E-state index in [-0.39, 0.29) is 17.6 Å². The largest absolute Gasteiger partial charge is 0.401 e. The number of hydrogen-bond donors (Lipinski definition) is 1. The molecule has 142 valence electrons. The second kappa shape index (κ2) is 7.56. The van der Waals surface area contributed by atoms with Crippen LogP contribution < -0.4 is 10.6 Å². The first-order valence-electron chi connectivity index (χ1n) is 8.65. The molecule has 1 saturated heterocycles. The van der Waals surface area contributed by atoms with Gasteiger partial charge in [-0.2, -0.15) is 0 Å². The van der Waals surface area contributed by atoms with E-state index in [2.05, 4.69) is 20.2 Å². The Morgan fingerprint density at radius 1 is 1.26 bits per heavy atom. The standard InChI is InChI=1S/C18H23N7O2/c1-11(6-7-12(2)17(26)24(3)4)13-10-20-15(19)14(21-13)16-22-23-18(27-16)25-8-5-9-25/h6-7,10H,5,8-9H2,1-4H3,(H2,19,20). The van der Waals surface area contributed by atoms with Gasteiger partial charge in [0.15, 0.2) is 11.5 Å². The Kier molecular flexibility index (Phi) is 5.20. The summed E-state index contributed by atoms with van der Waals surface area (Å²) in [4.78, 5) is 24.1. The van der Waals surface area contributed by atoms with Crippen molar-refractivity contribution in [1.82, 2.24) is 25.1 Å². The van der Waals surface area contributed by atoms with Gasteiger partial charge < -0.3 is 20.0 Å². The molecule has 9 nitrogen and oxygen atoms in total. The molecule has 2 aromatic heterocycles. The highest BCUT2D eigenvalue weighted by molar-refractivity contribution is 5.93. The van der Waals surface area contributed by atoms with Crippen LogP contribution in [0, 0.1) is 0 Å². The number of amides is 1. The molecule has 1 amide bonds. The molecule has 0 unspecified atom stereocenters. The van der Waals surface area contributed by atoms with Crippen molar-refractivity contribution in [2.45, 2.75) is 20.3 Å². The first-order valence-corrected chi connectivity index (χ1v) is 8.65. The molecule has 0 saturated carbocycles. The van der Waals surface area contributed by atoms with E-state index in [0.717, 1.165) is 25.1 Å². The van der Waals surface area contributed by atoms with Gasteiger partial charge in [0.25, 0.3) is 5.89 Å². The smallest absolute Gasteiger partial charge is 0.318 e. The van der Waals surface area contributed by atoms with Crippen LogP contribution in [-0.2, 0) is 4.79 Å². The SMILES string of the molecule is CC(=CC=C(C)c1cnc(N)c(-c2nnc(N3CCC3)o2)n1)C(=O)N(C)C. The second-order valence-corrected chi connectivity index (χ2v) is 6.62. The lowest BCUT2D eigenvalue weighted by atomic mass is 10.1. The predicted octanol–water partition coefficient (Wildman–Crippen LogP) is 1.76. The van der Waals surface area contributed by atoms with E-state index in [0.29, 0.717) is 23.0 Å². The molecule has 9 heteroatoms. The van der Waals surface area contributed by atoms with E-state index in [4.69, 9.17) is 10.2 Å². The fraction of sp³-hybridized carbons (Fsp3) is 0.389. The van der Waals surface area contributed by atoms with Gasteiger partial charge in [0.05, 0.1) is 11.9 Å². The molecule has 3 rings (SSSR count). The zero-order valence-electron chi connectivity index (χ0n) is 15.9. The summed E-state index contributed by atoms with van der Waals surface area (Å²) in [6.07, 6.45) is 6.26. The zero-order valence-corrected chi connectivity index (χ0v) is 15.9. The lowest BCUT2D eigenvalue weighted by Gasteiger charge is -2.28. The van der Waals surface area contributed by atoms with E-state index in [9.17, 15) is 4.79 Å². The highest BCUT2D eigenvalue weighted by atomic mass is 16.4. The molecular formula is C18H23N7O2. The third-order valence-corrected chi connectivity index (χ3v) is 4.28. The number of nitrogens with zero attached hydrogens (tertiary/aromatic N) is 6. The van der Waals surface area contributed by atoms with Crippen molar-refractivity contribution in [2.75, 3.05) is 37.8 Å². The van der Waals surface area contributed by atoms with Crippen LogP contribution >= 0.6 is 0 Å². The maximum Gasteiger partial charge on any atom is 0.318 e. The van der Waals surface area contributed by atoms with Gasteiger partial charge in [0.1, 0.15) is 0 Å². The normalized spacial score (nSPS) is 14.9. The summed E-state index contributed by atoms with van der Waals surface area (Å²) < 4.78 is 5.68. The Labute approximate surface area is 157 Å².